The standard InChI is InChI=1S/C24H34N4O2.HI/c1-2-25-24(26-17-23(29)19-30-18-20-9-5-3-6-10-20)27-21-13-15-28(16-14-21)22-11-7-4-8-12-22;/h3-12,21,23,29H,2,13-19H2,1H3,(H2,25,26,27);1H. The molecule has 0 aromatic heterocycles. The lowest BCUT2D eigenvalue weighted by Gasteiger charge is -2.34. The van der Waals surface area contributed by atoms with Crippen molar-refractivity contribution in [3.8, 4) is 0 Å². The highest BCUT2D eigenvalue weighted by molar-refractivity contribution is 14.0. The third-order valence-corrected chi connectivity index (χ3v) is 5.18. The topological polar surface area (TPSA) is 69.1 Å². The number of hydrogen-bond acceptors (Lipinski definition) is 4. The number of ether oxygens (including phenoxy) is 1. The van der Waals surface area contributed by atoms with E-state index in [-0.39, 0.29) is 30.6 Å². The third-order valence-electron chi connectivity index (χ3n) is 5.18. The first-order valence-corrected chi connectivity index (χ1v) is 10.9. The van der Waals surface area contributed by atoms with Crippen molar-refractivity contribution < 1.29 is 9.84 Å². The number of halogens is 1. The SMILES string of the molecule is CCNC(=NCC(O)COCc1ccccc1)NC1CCN(c2ccccc2)CC1.I. The molecule has 1 unspecified atom stereocenters. The van der Waals surface area contributed by atoms with Crippen LogP contribution in [-0.4, -0.2) is 56.0 Å². The number of nitrogens with zero attached hydrogens (tertiary/aromatic N) is 2. The zero-order valence-corrected chi connectivity index (χ0v) is 20.6. The highest BCUT2D eigenvalue weighted by atomic mass is 127. The van der Waals surface area contributed by atoms with Crippen molar-refractivity contribution in [3.05, 3.63) is 66.2 Å². The Morgan fingerprint density at radius 1 is 1.10 bits per heavy atom. The summed E-state index contributed by atoms with van der Waals surface area (Å²) in [5.74, 6) is 0.762. The van der Waals surface area contributed by atoms with Gasteiger partial charge >= 0.3 is 0 Å². The quantitative estimate of drug-likeness (QED) is 0.260. The second-order valence-corrected chi connectivity index (χ2v) is 7.62. The van der Waals surface area contributed by atoms with E-state index in [1.54, 1.807) is 0 Å². The Balaban J connectivity index is 0.00000341. The lowest BCUT2D eigenvalue weighted by Crippen LogP contribution is -2.49. The molecular formula is C24H35IN4O2. The molecule has 1 aliphatic heterocycles. The van der Waals surface area contributed by atoms with E-state index in [0.29, 0.717) is 19.2 Å². The van der Waals surface area contributed by atoms with E-state index < -0.39 is 6.10 Å². The molecule has 7 heteroatoms. The van der Waals surface area contributed by atoms with E-state index in [9.17, 15) is 5.11 Å². The monoisotopic (exact) mass is 538 g/mol. The maximum absolute atomic E-state index is 10.2. The highest BCUT2D eigenvalue weighted by Gasteiger charge is 2.20. The lowest BCUT2D eigenvalue weighted by molar-refractivity contribution is 0.0331. The molecule has 0 amide bonds. The van der Waals surface area contributed by atoms with Crippen molar-refractivity contribution in [3.63, 3.8) is 0 Å². The van der Waals surface area contributed by atoms with E-state index in [0.717, 1.165) is 44.0 Å². The van der Waals surface area contributed by atoms with Crippen LogP contribution in [0.3, 0.4) is 0 Å². The van der Waals surface area contributed by atoms with Crippen LogP contribution in [0.4, 0.5) is 5.69 Å². The number of anilines is 1. The maximum atomic E-state index is 10.2. The molecule has 1 saturated heterocycles. The van der Waals surface area contributed by atoms with Crippen LogP contribution in [0.25, 0.3) is 0 Å². The molecule has 2 aromatic carbocycles. The minimum absolute atomic E-state index is 0. The fourth-order valence-corrected chi connectivity index (χ4v) is 3.57. The zero-order valence-electron chi connectivity index (χ0n) is 18.2. The fourth-order valence-electron chi connectivity index (χ4n) is 3.57. The first-order valence-electron chi connectivity index (χ1n) is 10.9. The van der Waals surface area contributed by atoms with Gasteiger partial charge in [-0.25, -0.2) is 0 Å². The number of aliphatic hydroxyl groups excluding tert-OH is 1. The molecule has 170 valence electrons. The van der Waals surface area contributed by atoms with E-state index in [4.69, 9.17) is 4.74 Å². The summed E-state index contributed by atoms with van der Waals surface area (Å²) in [6.07, 6.45) is 1.49. The van der Waals surface area contributed by atoms with Gasteiger partial charge in [-0.15, -0.1) is 24.0 Å². The maximum Gasteiger partial charge on any atom is 0.191 e. The molecule has 6 nitrogen and oxygen atoms in total. The van der Waals surface area contributed by atoms with Crippen molar-refractivity contribution in [1.82, 2.24) is 10.6 Å². The van der Waals surface area contributed by atoms with Crippen molar-refractivity contribution >= 4 is 35.6 Å². The Kier molecular flexibility index (Phi) is 11.7. The molecule has 31 heavy (non-hydrogen) atoms. The van der Waals surface area contributed by atoms with Crippen LogP contribution < -0.4 is 15.5 Å². The molecule has 1 atom stereocenters. The Morgan fingerprint density at radius 3 is 2.39 bits per heavy atom. The highest BCUT2D eigenvalue weighted by Crippen LogP contribution is 2.19. The van der Waals surface area contributed by atoms with Crippen LogP contribution in [0.15, 0.2) is 65.7 Å². The molecule has 1 fully saturated rings. The fraction of sp³-hybridized carbons (Fsp3) is 0.458. The molecule has 3 rings (SSSR count). The summed E-state index contributed by atoms with van der Waals surface area (Å²) in [6, 6.07) is 20.9. The average molecular weight is 538 g/mol. The van der Waals surface area contributed by atoms with Crippen LogP contribution in [0, 0.1) is 0 Å². The molecule has 1 aliphatic rings. The number of benzene rings is 2. The van der Waals surface area contributed by atoms with Gasteiger partial charge < -0.3 is 25.4 Å². The van der Waals surface area contributed by atoms with E-state index >= 15 is 0 Å². The predicted molar refractivity (Wildman–Crippen MR) is 138 cm³/mol. The van der Waals surface area contributed by atoms with Crippen LogP contribution >= 0.6 is 24.0 Å². The van der Waals surface area contributed by atoms with E-state index in [1.807, 2.05) is 30.3 Å². The minimum atomic E-state index is -0.621. The summed E-state index contributed by atoms with van der Waals surface area (Å²) in [6.45, 7) is 5.97. The van der Waals surface area contributed by atoms with E-state index in [1.165, 1.54) is 5.69 Å². The first kappa shape index (κ1) is 25.4. The Bertz CT molecular complexity index is 753. The van der Waals surface area contributed by atoms with Crippen molar-refractivity contribution in [2.75, 3.05) is 37.7 Å². The summed E-state index contributed by atoms with van der Waals surface area (Å²) in [4.78, 5) is 6.99. The number of piperidine rings is 1. The molecular weight excluding hydrogens is 503 g/mol. The summed E-state index contributed by atoms with van der Waals surface area (Å²) in [5, 5.41) is 17.0. The molecule has 0 spiro atoms. The predicted octanol–water partition coefficient (Wildman–Crippen LogP) is 3.41. The third kappa shape index (κ3) is 9.04. The van der Waals surface area contributed by atoms with Crippen molar-refractivity contribution in [2.45, 2.75) is 38.5 Å². The number of guanidine groups is 1. The van der Waals surface area contributed by atoms with Gasteiger partial charge in [-0.05, 0) is 37.5 Å². The van der Waals surface area contributed by atoms with Gasteiger partial charge in [-0.2, -0.15) is 0 Å². The Hall–Kier alpha value is -1.84. The molecule has 2 aromatic rings. The number of hydrogen-bond donors (Lipinski definition) is 3. The molecule has 1 heterocycles. The minimum Gasteiger partial charge on any atom is -0.389 e. The van der Waals surface area contributed by atoms with Gasteiger partial charge in [0.25, 0.3) is 0 Å². The average Bonchev–Trinajstić information content (AvgIpc) is 2.79. The number of para-hydroxylation sites is 1. The van der Waals surface area contributed by atoms with E-state index in [2.05, 4.69) is 57.8 Å². The number of aliphatic imine (C=N–C) groups is 1. The van der Waals surface area contributed by atoms with Gasteiger partial charge in [-0.3, -0.25) is 4.99 Å². The molecule has 0 bridgehead atoms. The normalized spacial score (nSPS) is 15.8. The number of aliphatic hydroxyl groups is 1. The summed E-state index contributed by atoms with van der Waals surface area (Å²) in [7, 11) is 0. The van der Waals surface area contributed by atoms with Gasteiger partial charge in [0.1, 0.15) is 0 Å². The second kappa shape index (κ2) is 14.3. The van der Waals surface area contributed by atoms with Crippen LogP contribution in [-0.2, 0) is 11.3 Å². The van der Waals surface area contributed by atoms with Gasteiger partial charge in [-0.1, -0.05) is 48.5 Å². The molecule has 0 radical (unpaired) electrons. The van der Waals surface area contributed by atoms with Crippen molar-refractivity contribution in [1.29, 1.82) is 0 Å². The largest absolute Gasteiger partial charge is 0.389 e. The van der Waals surface area contributed by atoms with Crippen molar-refractivity contribution in [2.24, 2.45) is 4.99 Å². The van der Waals surface area contributed by atoms with Crippen LogP contribution in [0.5, 0.6) is 0 Å². The second-order valence-electron chi connectivity index (χ2n) is 7.62. The van der Waals surface area contributed by atoms with Crippen LogP contribution in [0.1, 0.15) is 25.3 Å². The molecule has 3 N–H and O–H groups in total. The van der Waals surface area contributed by atoms with Gasteiger partial charge in [0, 0.05) is 31.4 Å². The van der Waals surface area contributed by atoms with Crippen LogP contribution in [0.2, 0.25) is 0 Å². The number of nitrogens with one attached hydrogen (secondary N) is 2. The molecule has 0 aliphatic carbocycles. The summed E-state index contributed by atoms with van der Waals surface area (Å²) in [5.41, 5.74) is 2.39. The van der Waals surface area contributed by atoms with Gasteiger partial charge in [0.15, 0.2) is 5.96 Å². The smallest absolute Gasteiger partial charge is 0.191 e. The van der Waals surface area contributed by atoms with Gasteiger partial charge in [0.2, 0.25) is 0 Å². The molecule has 0 saturated carbocycles. The Labute approximate surface area is 203 Å². The first-order chi connectivity index (χ1) is 14.7. The summed E-state index contributed by atoms with van der Waals surface area (Å²) < 4.78 is 5.61. The Morgan fingerprint density at radius 2 is 1.74 bits per heavy atom. The number of rotatable bonds is 9. The summed E-state index contributed by atoms with van der Waals surface area (Å²) >= 11 is 0. The van der Waals surface area contributed by atoms with Gasteiger partial charge in [0.05, 0.1) is 25.9 Å². The lowest BCUT2D eigenvalue weighted by atomic mass is 10.0. The zero-order chi connectivity index (χ0) is 21.0.